The van der Waals surface area contributed by atoms with Gasteiger partial charge in [-0.1, -0.05) is 41.1 Å². The molecular weight excluding hydrogens is 488 g/mol. The Hall–Kier alpha value is -3.36. The third kappa shape index (κ3) is 4.90. The Morgan fingerprint density at radius 1 is 1.14 bits per heavy atom. The van der Waals surface area contributed by atoms with Crippen LogP contribution in [-0.2, 0) is 9.53 Å². The fourth-order valence-electron chi connectivity index (χ4n) is 3.95. The van der Waals surface area contributed by atoms with E-state index in [2.05, 4.69) is 4.99 Å². The minimum Gasteiger partial charge on any atom is -0.493 e. The molecule has 0 saturated heterocycles. The molecule has 0 spiro atoms. The molecule has 0 saturated carbocycles. The molecule has 0 unspecified atom stereocenters. The number of nitrogens with zero attached hydrogens (tertiary/aromatic N) is 2. The van der Waals surface area contributed by atoms with Gasteiger partial charge in [0.25, 0.3) is 5.56 Å². The van der Waals surface area contributed by atoms with Crippen molar-refractivity contribution in [3.8, 4) is 11.5 Å². The molecule has 35 heavy (non-hydrogen) atoms. The first-order valence-corrected chi connectivity index (χ1v) is 12.3. The van der Waals surface area contributed by atoms with E-state index in [4.69, 9.17) is 25.8 Å². The fourth-order valence-corrected chi connectivity index (χ4v) is 5.12. The topological polar surface area (TPSA) is 79.1 Å². The van der Waals surface area contributed by atoms with Gasteiger partial charge in [0.2, 0.25) is 0 Å². The quantitative estimate of drug-likeness (QED) is 0.449. The van der Waals surface area contributed by atoms with Crippen LogP contribution >= 0.6 is 22.9 Å². The highest BCUT2D eigenvalue weighted by Crippen LogP contribution is 2.31. The van der Waals surface area contributed by atoms with Crippen molar-refractivity contribution in [1.29, 1.82) is 0 Å². The number of halogens is 1. The molecule has 0 bridgehead atoms. The van der Waals surface area contributed by atoms with Crippen molar-refractivity contribution in [2.24, 2.45) is 4.99 Å². The van der Waals surface area contributed by atoms with Crippen LogP contribution in [0.3, 0.4) is 0 Å². The summed E-state index contributed by atoms with van der Waals surface area (Å²) in [6, 6.07) is 11.9. The van der Waals surface area contributed by atoms with Crippen LogP contribution in [0.4, 0.5) is 0 Å². The molecule has 182 valence electrons. The number of carbonyl (C=O) groups excluding carboxylic acids is 1. The van der Waals surface area contributed by atoms with E-state index in [1.807, 2.05) is 25.1 Å². The molecule has 0 N–H and O–H groups in total. The van der Waals surface area contributed by atoms with Crippen molar-refractivity contribution in [1.82, 2.24) is 4.57 Å². The average Bonchev–Trinajstić information content (AvgIpc) is 3.14. The molecule has 0 aliphatic carbocycles. The van der Waals surface area contributed by atoms with Gasteiger partial charge >= 0.3 is 5.97 Å². The molecule has 0 radical (unpaired) electrons. The monoisotopic (exact) mass is 512 g/mol. The molecule has 1 aromatic heterocycles. The first-order chi connectivity index (χ1) is 16.9. The van der Waals surface area contributed by atoms with Crippen molar-refractivity contribution in [3.63, 3.8) is 0 Å². The Kier molecular flexibility index (Phi) is 7.42. The molecule has 3 aromatic rings. The van der Waals surface area contributed by atoms with E-state index in [-0.39, 0.29) is 12.2 Å². The van der Waals surface area contributed by atoms with Crippen molar-refractivity contribution >= 4 is 35.0 Å². The highest BCUT2D eigenvalue weighted by molar-refractivity contribution is 7.07. The van der Waals surface area contributed by atoms with Crippen LogP contribution in [0.25, 0.3) is 6.08 Å². The summed E-state index contributed by atoms with van der Waals surface area (Å²) in [5.41, 5.74) is 2.10. The number of aromatic nitrogens is 1. The molecule has 0 amide bonds. The second-order valence-corrected chi connectivity index (χ2v) is 9.14. The molecule has 4 rings (SSSR count). The number of methoxy groups -OCH3 is 1. The molecule has 2 aromatic carbocycles. The predicted molar refractivity (Wildman–Crippen MR) is 136 cm³/mol. The van der Waals surface area contributed by atoms with Crippen LogP contribution in [0.15, 0.2) is 63.5 Å². The highest BCUT2D eigenvalue weighted by Gasteiger charge is 2.33. The number of allylic oxidation sites excluding steroid dienone is 1. The maximum absolute atomic E-state index is 13.7. The van der Waals surface area contributed by atoms with E-state index in [1.165, 1.54) is 11.3 Å². The molecule has 0 fully saturated rings. The van der Waals surface area contributed by atoms with Gasteiger partial charge in [0.1, 0.15) is 0 Å². The fraction of sp³-hybridized carbons (Fsp3) is 0.269. The third-order valence-electron chi connectivity index (χ3n) is 5.49. The van der Waals surface area contributed by atoms with Crippen LogP contribution in [-0.4, -0.2) is 30.9 Å². The lowest BCUT2D eigenvalue weighted by Crippen LogP contribution is -2.39. The SMILES string of the molecule is CCOC(=O)C1=C(C)N=c2s/c(=C/c3ccc(OCC)c(OC)c3)c(=O)n2[C@@H]1c1ccc(Cl)cc1. The lowest BCUT2D eigenvalue weighted by atomic mass is 9.96. The van der Waals surface area contributed by atoms with Gasteiger partial charge in [0.15, 0.2) is 16.3 Å². The van der Waals surface area contributed by atoms with Gasteiger partial charge in [0, 0.05) is 5.02 Å². The number of hydrogen-bond donors (Lipinski definition) is 0. The zero-order chi connectivity index (χ0) is 25.1. The van der Waals surface area contributed by atoms with Crippen LogP contribution in [0.2, 0.25) is 5.02 Å². The summed E-state index contributed by atoms with van der Waals surface area (Å²) in [7, 11) is 1.57. The zero-order valence-corrected chi connectivity index (χ0v) is 21.4. The Bertz CT molecular complexity index is 1470. The second-order valence-electron chi connectivity index (χ2n) is 7.70. The maximum Gasteiger partial charge on any atom is 0.338 e. The molecule has 7 nitrogen and oxygen atoms in total. The summed E-state index contributed by atoms with van der Waals surface area (Å²) in [6.07, 6.45) is 1.78. The summed E-state index contributed by atoms with van der Waals surface area (Å²) >= 11 is 7.36. The van der Waals surface area contributed by atoms with Gasteiger partial charge in [-0.05, 0) is 62.2 Å². The summed E-state index contributed by atoms with van der Waals surface area (Å²) in [4.78, 5) is 31.7. The number of esters is 1. The number of fused-ring (bicyclic) bond motifs is 1. The van der Waals surface area contributed by atoms with Gasteiger partial charge in [-0.3, -0.25) is 9.36 Å². The smallest absolute Gasteiger partial charge is 0.338 e. The summed E-state index contributed by atoms with van der Waals surface area (Å²) in [5, 5.41) is 0.559. The van der Waals surface area contributed by atoms with Crippen LogP contribution in [0, 0.1) is 0 Å². The van der Waals surface area contributed by atoms with E-state index in [0.717, 1.165) is 11.1 Å². The van der Waals surface area contributed by atoms with Crippen LogP contribution in [0.5, 0.6) is 11.5 Å². The van der Waals surface area contributed by atoms with Crippen LogP contribution in [0.1, 0.15) is 37.9 Å². The Morgan fingerprint density at radius 3 is 2.54 bits per heavy atom. The van der Waals surface area contributed by atoms with Gasteiger partial charge < -0.3 is 14.2 Å². The normalized spacial score (nSPS) is 15.5. The highest BCUT2D eigenvalue weighted by atomic mass is 35.5. The van der Waals surface area contributed by atoms with Gasteiger partial charge in [-0.15, -0.1) is 0 Å². The Morgan fingerprint density at radius 2 is 1.89 bits per heavy atom. The number of benzene rings is 2. The van der Waals surface area contributed by atoms with Crippen molar-refractivity contribution in [2.75, 3.05) is 20.3 Å². The second kappa shape index (κ2) is 10.5. The predicted octanol–water partition coefficient (Wildman–Crippen LogP) is 3.86. The van der Waals surface area contributed by atoms with E-state index in [1.54, 1.807) is 55.9 Å². The molecule has 2 heterocycles. The largest absolute Gasteiger partial charge is 0.493 e. The van der Waals surface area contributed by atoms with Gasteiger partial charge in [0.05, 0.1) is 42.2 Å². The molecule has 1 aliphatic heterocycles. The average molecular weight is 513 g/mol. The number of carbonyl (C=O) groups is 1. The summed E-state index contributed by atoms with van der Waals surface area (Å²) in [6.45, 7) is 6.13. The van der Waals surface area contributed by atoms with E-state index in [0.29, 0.717) is 43.7 Å². The van der Waals surface area contributed by atoms with Crippen LogP contribution < -0.4 is 24.4 Å². The number of rotatable bonds is 7. The standard InChI is InChI=1S/C26H25ClN2O5S/c1-5-33-19-12-7-16(13-20(19)32-4)14-21-24(30)29-23(17-8-10-18(27)11-9-17)22(25(31)34-6-2)15(3)28-26(29)35-21/h7-14,23H,5-6H2,1-4H3/b21-14+/t23-/m1/s1. The first kappa shape index (κ1) is 24.8. The lowest BCUT2D eigenvalue weighted by molar-refractivity contribution is -0.139. The maximum atomic E-state index is 13.7. The van der Waals surface area contributed by atoms with Gasteiger partial charge in [-0.25, -0.2) is 9.79 Å². The Labute approximate surface area is 211 Å². The summed E-state index contributed by atoms with van der Waals surface area (Å²) in [5.74, 6) is 0.707. The van der Waals surface area contributed by atoms with E-state index < -0.39 is 12.0 Å². The molecular formula is C26H25ClN2O5S. The van der Waals surface area contributed by atoms with Crippen molar-refractivity contribution in [2.45, 2.75) is 26.8 Å². The molecule has 9 heteroatoms. The number of ether oxygens (including phenoxy) is 3. The summed E-state index contributed by atoms with van der Waals surface area (Å²) < 4.78 is 18.4. The van der Waals surface area contributed by atoms with Crippen molar-refractivity contribution < 1.29 is 19.0 Å². The first-order valence-electron chi connectivity index (χ1n) is 11.1. The molecule has 1 aliphatic rings. The van der Waals surface area contributed by atoms with Crippen molar-refractivity contribution in [3.05, 3.63) is 89.6 Å². The van der Waals surface area contributed by atoms with Gasteiger partial charge in [-0.2, -0.15) is 0 Å². The number of thiazole rings is 1. The third-order valence-corrected chi connectivity index (χ3v) is 6.72. The van der Waals surface area contributed by atoms with E-state index in [9.17, 15) is 9.59 Å². The lowest BCUT2D eigenvalue weighted by Gasteiger charge is -2.24. The number of hydrogen-bond acceptors (Lipinski definition) is 7. The molecule has 1 atom stereocenters. The Balaban J connectivity index is 1.90. The minimum atomic E-state index is -0.681. The minimum absolute atomic E-state index is 0.215. The van der Waals surface area contributed by atoms with E-state index >= 15 is 0 Å². The zero-order valence-electron chi connectivity index (χ0n) is 19.8.